The summed E-state index contributed by atoms with van der Waals surface area (Å²) in [5, 5.41) is 0. The molecule has 0 amide bonds. The second-order valence-electron chi connectivity index (χ2n) is 9.33. The first-order valence-electron chi connectivity index (χ1n) is 12.0. The first kappa shape index (κ1) is 21.6. The Hall–Kier alpha value is -3.97. The number of fused-ring (bicyclic) bond motifs is 1. The van der Waals surface area contributed by atoms with E-state index < -0.39 is 0 Å². The Bertz CT molecular complexity index is 1560. The standard InChI is InChI=1S/C28H28N6O/c1-20-17-22(21-7-4-3-5-8-21)10-11-24(20)34-25-9-6-13-30-27(25)33(28(34)35)23-12-15-32(18-23)19-26-29-14-16-31(26)2/h3-11,13-14,16-17,23H,12,15,18-19H2,1-2H3/t23-/m0/s1. The Morgan fingerprint density at radius 3 is 2.60 bits per heavy atom. The Morgan fingerprint density at radius 2 is 1.83 bits per heavy atom. The van der Waals surface area contributed by atoms with Gasteiger partial charge in [0.1, 0.15) is 5.82 Å². The SMILES string of the molecule is Cc1cc(-c2ccccc2)ccc1-n1c(=O)n([C@H]2CCN(Cc3nccn3C)C2)c2ncccc21. The summed E-state index contributed by atoms with van der Waals surface area (Å²) in [6, 6.07) is 20.6. The van der Waals surface area contributed by atoms with Gasteiger partial charge >= 0.3 is 5.69 Å². The second kappa shape index (κ2) is 8.67. The van der Waals surface area contributed by atoms with Gasteiger partial charge in [-0.2, -0.15) is 0 Å². The molecule has 7 nitrogen and oxygen atoms in total. The number of hydrogen-bond acceptors (Lipinski definition) is 4. The number of imidazole rings is 2. The van der Waals surface area contributed by atoms with Gasteiger partial charge in [-0.25, -0.2) is 14.8 Å². The molecule has 7 heteroatoms. The van der Waals surface area contributed by atoms with Crippen LogP contribution >= 0.6 is 0 Å². The molecule has 1 aliphatic rings. The maximum Gasteiger partial charge on any atom is 0.335 e. The highest BCUT2D eigenvalue weighted by atomic mass is 16.2. The summed E-state index contributed by atoms with van der Waals surface area (Å²) in [7, 11) is 2.02. The largest absolute Gasteiger partial charge is 0.337 e. The summed E-state index contributed by atoms with van der Waals surface area (Å²) < 4.78 is 5.78. The fourth-order valence-electron chi connectivity index (χ4n) is 5.24. The minimum Gasteiger partial charge on any atom is -0.337 e. The van der Waals surface area contributed by atoms with Gasteiger partial charge in [-0.1, -0.05) is 36.4 Å². The summed E-state index contributed by atoms with van der Waals surface area (Å²) in [4.78, 5) is 25.4. The predicted octanol–water partition coefficient (Wildman–Crippen LogP) is 4.34. The van der Waals surface area contributed by atoms with Gasteiger partial charge in [-0.05, 0) is 54.3 Å². The fourth-order valence-corrected chi connectivity index (χ4v) is 5.24. The van der Waals surface area contributed by atoms with Gasteiger partial charge in [0, 0.05) is 38.7 Å². The molecule has 1 fully saturated rings. The molecule has 3 aromatic heterocycles. The summed E-state index contributed by atoms with van der Waals surface area (Å²) in [5.74, 6) is 1.03. The third kappa shape index (κ3) is 3.78. The van der Waals surface area contributed by atoms with Crippen molar-refractivity contribution in [3.63, 3.8) is 0 Å². The van der Waals surface area contributed by atoms with Gasteiger partial charge in [-0.3, -0.25) is 14.0 Å². The normalized spacial score (nSPS) is 16.3. The van der Waals surface area contributed by atoms with Crippen LogP contribution in [0.15, 0.2) is 84.0 Å². The van der Waals surface area contributed by atoms with Gasteiger partial charge in [0.2, 0.25) is 0 Å². The van der Waals surface area contributed by atoms with E-state index >= 15 is 0 Å². The molecule has 2 aromatic carbocycles. The molecule has 0 spiro atoms. The monoisotopic (exact) mass is 464 g/mol. The van der Waals surface area contributed by atoms with E-state index in [4.69, 9.17) is 0 Å². The molecule has 4 heterocycles. The average molecular weight is 465 g/mol. The first-order valence-corrected chi connectivity index (χ1v) is 12.0. The molecular weight excluding hydrogens is 436 g/mol. The summed E-state index contributed by atoms with van der Waals surface area (Å²) in [6.07, 6.45) is 6.48. The number of likely N-dealkylation sites (tertiary alicyclic amines) is 1. The number of aromatic nitrogens is 5. The van der Waals surface area contributed by atoms with Crippen LogP contribution in [0, 0.1) is 6.92 Å². The van der Waals surface area contributed by atoms with Crippen LogP contribution in [0.4, 0.5) is 0 Å². The van der Waals surface area contributed by atoms with Crippen molar-refractivity contribution >= 4 is 11.2 Å². The van der Waals surface area contributed by atoms with Crippen molar-refractivity contribution in [3.8, 4) is 16.8 Å². The molecule has 6 rings (SSSR count). The highest BCUT2D eigenvalue weighted by Gasteiger charge is 2.29. The van der Waals surface area contributed by atoms with Crippen LogP contribution in [0.1, 0.15) is 23.9 Å². The molecule has 176 valence electrons. The molecule has 5 aromatic rings. The minimum atomic E-state index is -0.0295. The zero-order valence-corrected chi connectivity index (χ0v) is 20.0. The van der Waals surface area contributed by atoms with E-state index in [1.54, 1.807) is 6.20 Å². The smallest absolute Gasteiger partial charge is 0.335 e. The highest BCUT2D eigenvalue weighted by Crippen LogP contribution is 2.29. The maximum atomic E-state index is 13.9. The Morgan fingerprint density at radius 1 is 0.971 bits per heavy atom. The van der Waals surface area contributed by atoms with Gasteiger partial charge in [-0.15, -0.1) is 0 Å². The van der Waals surface area contributed by atoms with Gasteiger partial charge in [0.25, 0.3) is 0 Å². The lowest BCUT2D eigenvalue weighted by Crippen LogP contribution is -2.29. The predicted molar refractivity (Wildman–Crippen MR) is 138 cm³/mol. The van der Waals surface area contributed by atoms with Gasteiger partial charge in [0.15, 0.2) is 5.65 Å². The van der Waals surface area contributed by atoms with Crippen molar-refractivity contribution in [2.24, 2.45) is 7.05 Å². The molecule has 1 aliphatic heterocycles. The highest BCUT2D eigenvalue weighted by molar-refractivity contribution is 5.75. The van der Waals surface area contributed by atoms with Crippen molar-refractivity contribution in [2.75, 3.05) is 13.1 Å². The van der Waals surface area contributed by atoms with Crippen molar-refractivity contribution < 1.29 is 0 Å². The topological polar surface area (TPSA) is 60.9 Å². The maximum absolute atomic E-state index is 13.9. The van der Waals surface area contributed by atoms with Crippen molar-refractivity contribution in [1.82, 2.24) is 28.6 Å². The number of aryl methyl sites for hydroxylation is 2. The molecule has 0 radical (unpaired) electrons. The lowest BCUT2D eigenvalue weighted by atomic mass is 10.0. The number of pyridine rings is 1. The Labute approximate surface area is 203 Å². The molecular formula is C28H28N6O. The van der Waals surface area contributed by atoms with E-state index in [0.29, 0.717) is 0 Å². The lowest BCUT2D eigenvalue weighted by molar-refractivity contribution is 0.304. The molecule has 0 saturated carbocycles. The van der Waals surface area contributed by atoms with Gasteiger partial charge < -0.3 is 4.57 Å². The molecule has 0 unspecified atom stereocenters. The van der Waals surface area contributed by atoms with Gasteiger partial charge in [0.05, 0.1) is 23.8 Å². The Balaban J connectivity index is 1.38. The molecule has 35 heavy (non-hydrogen) atoms. The molecule has 1 saturated heterocycles. The van der Waals surface area contributed by atoms with E-state index in [0.717, 1.165) is 65.4 Å². The summed E-state index contributed by atoms with van der Waals surface area (Å²) in [6.45, 7) is 4.57. The van der Waals surface area contributed by atoms with Crippen LogP contribution in [0.5, 0.6) is 0 Å². The van der Waals surface area contributed by atoms with Crippen molar-refractivity contribution in [3.05, 3.63) is 101 Å². The van der Waals surface area contributed by atoms with E-state index in [-0.39, 0.29) is 11.7 Å². The van der Waals surface area contributed by atoms with Crippen LogP contribution in [-0.2, 0) is 13.6 Å². The number of nitrogens with zero attached hydrogens (tertiary/aromatic N) is 6. The van der Waals surface area contributed by atoms with Crippen LogP contribution in [0.2, 0.25) is 0 Å². The van der Waals surface area contributed by atoms with Crippen LogP contribution in [0.3, 0.4) is 0 Å². The second-order valence-corrected chi connectivity index (χ2v) is 9.33. The summed E-state index contributed by atoms with van der Waals surface area (Å²) in [5.41, 5.74) is 5.81. The van der Waals surface area contributed by atoms with E-state index in [9.17, 15) is 4.79 Å². The first-order chi connectivity index (χ1) is 17.1. The van der Waals surface area contributed by atoms with E-state index in [1.807, 2.05) is 58.9 Å². The molecule has 0 bridgehead atoms. The Kier molecular flexibility index (Phi) is 5.34. The molecule has 0 aliphatic carbocycles. The lowest BCUT2D eigenvalue weighted by Gasteiger charge is -2.16. The number of benzene rings is 2. The zero-order valence-electron chi connectivity index (χ0n) is 20.0. The number of hydrogen-bond donors (Lipinski definition) is 0. The minimum absolute atomic E-state index is 0.0295. The third-order valence-corrected chi connectivity index (χ3v) is 7.08. The number of rotatable bonds is 5. The van der Waals surface area contributed by atoms with Crippen LogP contribution in [-0.4, -0.2) is 41.7 Å². The van der Waals surface area contributed by atoms with Crippen LogP contribution < -0.4 is 5.69 Å². The van der Waals surface area contributed by atoms with Crippen molar-refractivity contribution in [2.45, 2.75) is 25.9 Å². The third-order valence-electron chi connectivity index (χ3n) is 7.08. The quantitative estimate of drug-likeness (QED) is 0.388. The zero-order chi connectivity index (χ0) is 23.9. The molecule has 0 N–H and O–H groups in total. The van der Waals surface area contributed by atoms with Crippen molar-refractivity contribution in [1.29, 1.82) is 0 Å². The molecule has 1 atom stereocenters. The van der Waals surface area contributed by atoms with Crippen LogP contribution in [0.25, 0.3) is 28.0 Å². The fraction of sp³-hybridized carbons (Fsp3) is 0.250. The van der Waals surface area contributed by atoms with E-state index in [2.05, 4.69) is 56.7 Å². The average Bonchev–Trinajstić information content (AvgIpc) is 3.57. The van der Waals surface area contributed by atoms with E-state index in [1.165, 1.54) is 0 Å². The summed E-state index contributed by atoms with van der Waals surface area (Å²) >= 11 is 0.